The summed E-state index contributed by atoms with van der Waals surface area (Å²) in [4.78, 5) is 2.45. The van der Waals surface area contributed by atoms with Gasteiger partial charge in [-0.2, -0.15) is 0 Å². The van der Waals surface area contributed by atoms with Gasteiger partial charge in [0.2, 0.25) is 0 Å². The van der Waals surface area contributed by atoms with Gasteiger partial charge in [-0.05, 0) is 114 Å². The topological polar surface area (TPSA) is 16.4 Å². The number of hydrogen-bond donors (Lipinski definition) is 0. The molecule has 2 heteroatoms. The van der Waals surface area contributed by atoms with E-state index in [1.54, 1.807) is 0 Å². The first-order chi connectivity index (χ1) is 28.8. The summed E-state index contributed by atoms with van der Waals surface area (Å²) in [7, 11) is 0. The summed E-state index contributed by atoms with van der Waals surface area (Å²) in [5.41, 5.74) is 9.80. The molecular weight excluding hydrogens is 703 g/mol. The van der Waals surface area contributed by atoms with Gasteiger partial charge in [0.15, 0.2) is 0 Å². The van der Waals surface area contributed by atoms with Crippen molar-refractivity contribution in [3.05, 3.63) is 212 Å². The first-order valence-electron chi connectivity index (χ1n) is 19.9. The zero-order valence-corrected chi connectivity index (χ0v) is 31.6. The number of nitrogens with zero attached hydrogens (tertiary/aromatic N) is 1. The monoisotopic (exact) mass is 737 g/mol. The highest BCUT2D eigenvalue weighted by molar-refractivity contribution is 6.21. The van der Waals surface area contributed by atoms with E-state index in [4.69, 9.17) is 4.42 Å². The largest absolute Gasteiger partial charge is 0.455 e. The van der Waals surface area contributed by atoms with Gasteiger partial charge < -0.3 is 9.32 Å². The van der Waals surface area contributed by atoms with E-state index in [1.807, 2.05) is 0 Å². The number of benzene rings is 11. The lowest BCUT2D eigenvalue weighted by molar-refractivity contribution is 0.672. The Balaban J connectivity index is 1.15. The average Bonchev–Trinajstić information content (AvgIpc) is 3.69. The summed E-state index contributed by atoms with van der Waals surface area (Å²) in [5, 5.41) is 14.3. The van der Waals surface area contributed by atoms with Gasteiger partial charge >= 0.3 is 0 Å². The molecule has 0 unspecified atom stereocenters. The summed E-state index contributed by atoms with van der Waals surface area (Å²) < 4.78 is 6.79. The van der Waals surface area contributed by atoms with Crippen molar-refractivity contribution in [1.29, 1.82) is 0 Å². The highest BCUT2D eigenvalue weighted by Gasteiger charge is 2.23. The maximum Gasteiger partial charge on any atom is 0.143 e. The van der Waals surface area contributed by atoms with E-state index >= 15 is 0 Å². The van der Waals surface area contributed by atoms with Crippen LogP contribution in [0.5, 0.6) is 0 Å². The molecule has 1 aromatic heterocycles. The minimum Gasteiger partial charge on any atom is -0.455 e. The van der Waals surface area contributed by atoms with Crippen LogP contribution in [0, 0.1) is 0 Å². The molecule has 0 aliphatic heterocycles. The van der Waals surface area contributed by atoms with Crippen molar-refractivity contribution in [2.24, 2.45) is 0 Å². The molecule has 2 nitrogen and oxygen atoms in total. The van der Waals surface area contributed by atoms with Crippen molar-refractivity contribution >= 4 is 92.9 Å². The molecule has 0 bridgehead atoms. The molecule has 0 amide bonds. The van der Waals surface area contributed by atoms with Crippen LogP contribution >= 0.6 is 0 Å². The number of rotatable bonds is 5. The summed E-state index contributed by atoms with van der Waals surface area (Å²) in [5.74, 6) is 0. The van der Waals surface area contributed by atoms with Crippen molar-refractivity contribution in [1.82, 2.24) is 0 Å². The highest BCUT2D eigenvalue weighted by atomic mass is 16.3. The molecule has 0 aliphatic carbocycles. The molecule has 0 saturated heterocycles. The Hall–Kier alpha value is -7.68. The molecule has 0 radical (unpaired) electrons. The van der Waals surface area contributed by atoms with Crippen molar-refractivity contribution < 1.29 is 4.42 Å². The molecule has 1 heterocycles. The van der Waals surface area contributed by atoms with Crippen LogP contribution in [0.4, 0.5) is 17.1 Å². The summed E-state index contributed by atoms with van der Waals surface area (Å²) in [6.07, 6.45) is 0. The van der Waals surface area contributed by atoms with Crippen molar-refractivity contribution in [3.63, 3.8) is 0 Å². The van der Waals surface area contributed by atoms with E-state index in [9.17, 15) is 0 Å². The van der Waals surface area contributed by atoms with Gasteiger partial charge in [0.05, 0.1) is 16.8 Å². The molecule has 12 aromatic rings. The Morgan fingerprint density at radius 1 is 0.310 bits per heavy atom. The van der Waals surface area contributed by atoms with E-state index in [0.29, 0.717) is 0 Å². The molecule has 0 N–H and O–H groups in total. The average molecular weight is 738 g/mol. The third-order valence-corrected chi connectivity index (χ3v) is 12.0. The number of anilines is 3. The summed E-state index contributed by atoms with van der Waals surface area (Å²) in [6, 6.07) is 77.2. The maximum absolute atomic E-state index is 6.79. The van der Waals surface area contributed by atoms with Crippen LogP contribution in [-0.2, 0) is 0 Å². The predicted octanol–water partition coefficient (Wildman–Crippen LogP) is 16.2. The van der Waals surface area contributed by atoms with Crippen LogP contribution in [0.25, 0.3) is 98.1 Å². The van der Waals surface area contributed by atoms with Crippen LogP contribution in [0.2, 0.25) is 0 Å². The molecule has 0 saturated carbocycles. The van der Waals surface area contributed by atoms with Crippen molar-refractivity contribution in [3.8, 4) is 22.3 Å². The van der Waals surface area contributed by atoms with Crippen LogP contribution in [0.3, 0.4) is 0 Å². The Morgan fingerprint density at radius 3 is 1.71 bits per heavy atom. The molecule has 12 rings (SSSR count). The SMILES string of the molecule is c1ccc2c(-c3ccc(N(c4cc(-c5cc6ccccc6c6ccccc56)cc5ccccc45)c4cccc5oc6c7ccccc7ccc6c45)cc3)cccc2c1. The zero-order chi connectivity index (χ0) is 38.2. The molecule has 0 spiro atoms. The van der Waals surface area contributed by atoms with Gasteiger partial charge in [-0.15, -0.1) is 0 Å². The number of furan rings is 1. The predicted molar refractivity (Wildman–Crippen MR) is 247 cm³/mol. The lowest BCUT2D eigenvalue weighted by Crippen LogP contribution is -2.11. The molecule has 0 fully saturated rings. The molecule has 11 aromatic carbocycles. The summed E-state index contributed by atoms with van der Waals surface area (Å²) >= 11 is 0. The third-order valence-electron chi connectivity index (χ3n) is 12.0. The second-order valence-corrected chi connectivity index (χ2v) is 15.2. The highest BCUT2D eigenvalue weighted by Crippen LogP contribution is 2.48. The van der Waals surface area contributed by atoms with Gasteiger partial charge in [-0.1, -0.05) is 164 Å². The lowest BCUT2D eigenvalue weighted by atomic mass is 9.91. The first kappa shape index (κ1) is 32.6. The smallest absolute Gasteiger partial charge is 0.143 e. The maximum atomic E-state index is 6.79. The van der Waals surface area contributed by atoms with Crippen LogP contribution in [0.1, 0.15) is 0 Å². The first-order valence-corrected chi connectivity index (χ1v) is 19.9. The van der Waals surface area contributed by atoms with Crippen LogP contribution < -0.4 is 4.90 Å². The van der Waals surface area contributed by atoms with E-state index in [2.05, 4.69) is 217 Å². The second-order valence-electron chi connectivity index (χ2n) is 15.2. The van der Waals surface area contributed by atoms with Gasteiger partial charge in [0.25, 0.3) is 0 Å². The standard InChI is InChI=1S/C56H35NO/c1-5-18-43-36(13-1)17-11-24-44(43)38-27-30-42(31-28-38)57(52-25-12-26-54-55(52)50-32-29-37-14-2-8-21-47(37)56(50)58-54)53-35-41(33-39-15-4-7-20-46(39)53)51-34-40-16-3-6-19-45(40)48-22-9-10-23-49(48)51/h1-35H. The van der Waals surface area contributed by atoms with Crippen LogP contribution in [-0.4, -0.2) is 0 Å². The van der Waals surface area contributed by atoms with Crippen molar-refractivity contribution in [2.45, 2.75) is 0 Å². The Labute approximate surface area is 335 Å². The fourth-order valence-corrected chi connectivity index (χ4v) is 9.32. The molecule has 58 heavy (non-hydrogen) atoms. The van der Waals surface area contributed by atoms with Gasteiger partial charge in [0, 0.05) is 21.8 Å². The molecule has 0 atom stereocenters. The van der Waals surface area contributed by atoms with E-state index in [-0.39, 0.29) is 0 Å². The number of fused-ring (bicyclic) bond motifs is 10. The van der Waals surface area contributed by atoms with Gasteiger partial charge in [0.1, 0.15) is 11.2 Å². The minimum atomic E-state index is 0.863. The van der Waals surface area contributed by atoms with E-state index in [1.165, 1.54) is 65.3 Å². The Kier molecular flexibility index (Phi) is 7.26. The van der Waals surface area contributed by atoms with Crippen LogP contribution in [0.15, 0.2) is 217 Å². The van der Waals surface area contributed by atoms with Gasteiger partial charge in [-0.3, -0.25) is 0 Å². The third kappa shape index (κ3) is 5.05. The lowest BCUT2D eigenvalue weighted by Gasteiger charge is -2.28. The normalized spacial score (nSPS) is 11.8. The minimum absolute atomic E-state index is 0.863. The van der Waals surface area contributed by atoms with Gasteiger partial charge in [-0.25, -0.2) is 0 Å². The summed E-state index contributed by atoms with van der Waals surface area (Å²) in [6.45, 7) is 0. The quantitative estimate of drug-likeness (QED) is 0.164. The fraction of sp³-hybridized carbons (Fsp3) is 0. The molecule has 270 valence electrons. The molecule has 0 aliphatic rings. The van der Waals surface area contributed by atoms with E-state index in [0.717, 1.165) is 49.8 Å². The fourth-order valence-electron chi connectivity index (χ4n) is 9.32. The Morgan fingerprint density at radius 2 is 0.914 bits per heavy atom. The second kappa shape index (κ2) is 12.9. The van der Waals surface area contributed by atoms with Crippen molar-refractivity contribution in [2.75, 3.05) is 4.90 Å². The number of hydrogen-bond acceptors (Lipinski definition) is 2. The Bertz CT molecular complexity index is 3570. The van der Waals surface area contributed by atoms with E-state index < -0.39 is 0 Å². The molecular formula is C56H35NO. The zero-order valence-electron chi connectivity index (χ0n) is 31.6.